The van der Waals surface area contributed by atoms with Gasteiger partial charge >= 0.3 is 5.97 Å². The second-order valence-corrected chi connectivity index (χ2v) is 5.16. The lowest BCUT2D eigenvalue weighted by molar-refractivity contribution is -0.156. The molecule has 0 heterocycles. The Morgan fingerprint density at radius 2 is 1.87 bits per heavy atom. The van der Waals surface area contributed by atoms with Crippen LogP contribution in [-0.4, -0.2) is 34.4 Å². The molecule has 4 heteroatoms. The summed E-state index contributed by atoms with van der Waals surface area (Å²) in [5, 5.41) is 21.6. The lowest BCUT2D eigenvalue weighted by Gasteiger charge is -2.24. The standard InChI is InChI=1S/C11H19NO3/c1-11(15,10(13)14)6-12-9(7-2-3-7)8-4-5-8/h7-9,12,15H,2-6H2,1H3,(H,13,14). The maximum atomic E-state index is 10.7. The average Bonchev–Trinajstić information content (AvgIpc) is 2.99. The number of aliphatic hydroxyl groups is 1. The van der Waals surface area contributed by atoms with Crippen LogP contribution in [0.15, 0.2) is 0 Å². The van der Waals surface area contributed by atoms with Crippen molar-refractivity contribution in [3.05, 3.63) is 0 Å². The van der Waals surface area contributed by atoms with Crippen LogP contribution in [0, 0.1) is 11.8 Å². The molecule has 3 N–H and O–H groups in total. The fraction of sp³-hybridized carbons (Fsp3) is 0.909. The van der Waals surface area contributed by atoms with Crippen LogP contribution in [0.2, 0.25) is 0 Å². The van der Waals surface area contributed by atoms with Crippen molar-refractivity contribution in [3.8, 4) is 0 Å². The molecule has 1 unspecified atom stereocenters. The minimum absolute atomic E-state index is 0.153. The van der Waals surface area contributed by atoms with Gasteiger partial charge in [0.15, 0.2) is 5.60 Å². The van der Waals surface area contributed by atoms with Gasteiger partial charge in [0.25, 0.3) is 0 Å². The van der Waals surface area contributed by atoms with Gasteiger partial charge in [-0.25, -0.2) is 4.79 Å². The Bertz CT molecular complexity index is 245. The summed E-state index contributed by atoms with van der Waals surface area (Å²) in [6.45, 7) is 1.50. The van der Waals surface area contributed by atoms with Crippen LogP contribution < -0.4 is 5.32 Å². The van der Waals surface area contributed by atoms with Crippen LogP contribution in [-0.2, 0) is 4.79 Å². The van der Waals surface area contributed by atoms with E-state index in [-0.39, 0.29) is 6.54 Å². The van der Waals surface area contributed by atoms with Crippen molar-refractivity contribution < 1.29 is 15.0 Å². The first kappa shape index (κ1) is 10.9. The third kappa shape index (κ3) is 2.69. The van der Waals surface area contributed by atoms with Crippen LogP contribution in [0.5, 0.6) is 0 Å². The van der Waals surface area contributed by atoms with Crippen LogP contribution in [0.25, 0.3) is 0 Å². The summed E-state index contributed by atoms with van der Waals surface area (Å²) in [5.41, 5.74) is -1.64. The Labute approximate surface area is 89.7 Å². The Morgan fingerprint density at radius 1 is 1.40 bits per heavy atom. The fourth-order valence-corrected chi connectivity index (χ4v) is 2.02. The Balaban J connectivity index is 1.82. The molecule has 15 heavy (non-hydrogen) atoms. The van der Waals surface area contributed by atoms with Gasteiger partial charge in [-0.05, 0) is 44.4 Å². The molecule has 86 valence electrons. The molecule has 0 aliphatic heterocycles. The molecule has 0 aromatic carbocycles. The zero-order valence-corrected chi connectivity index (χ0v) is 9.07. The van der Waals surface area contributed by atoms with Gasteiger partial charge in [-0.1, -0.05) is 0 Å². The quantitative estimate of drug-likeness (QED) is 0.604. The SMILES string of the molecule is CC(O)(CNC(C1CC1)C1CC1)C(=O)O. The molecular weight excluding hydrogens is 194 g/mol. The highest BCUT2D eigenvalue weighted by atomic mass is 16.4. The summed E-state index contributed by atoms with van der Waals surface area (Å²) in [5.74, 6) is 0.296. The van der Waals surface area contributed by atoms with Crippen molar-refractivity contribution >= 4 is 5.97 Å². The molecule has 4 nitrogen and oxygen atoms in total. The highest BCUT2D eigenvalue weighted by molar-refractivity contribution is 5.76. The molecule has 2 saturated carbocycles. The zero-order chi connectivity index (χ0) is 11.1. The van der Waals surface area contributed by atoms with E-state index in [1.807, 2.05) is 0 Å². The van der Waals surface area contributed by atoms with Crippen LogP contribution in [0.1, 0.15) is 32.6 Å². The van der Waals surface area contributed by atoms with Gasteiger partial charge in [0.1, 0.15) is 0 Å². The second kappa shape index (κ2) is 3.76. The summed E-state index contributed by atoms with van der Waals surface area (Å²) in [4.78, 5) is 10.7. The van der Waals surface area contributed by atoms with Crippen molar-refractivity contribution in [2.24, 2.45) is 11.8 Å². The van der Waals surface area contributed by atoms with Crippen molar-refractivity contribution in [1.29, 1.82) is 0 Å². The number of carboxylic acids is 1. The zero-order valence-electron chi connectivity index (χ0n) is 9.07. The summed E-state index contributed by atoms with van der Waals surface area (Å²) in [7, 11) is 0. The van der Waals surface area contributed by atoms with E-state index in [0.717, 1.165) is 11.8 Å². The average molecular weight is 213 g/mol. The molecule has 0 aromatic rings. The maximum absolute atomic E-state index is 10.7. The van der Waals surface area contributed by atoms with Gasteiger partial charge < -0.3 is 15.5 Å². The minimum atomic E-state index is -1.64. The molecule has 2 aliphatic carbocycles. The second-order valence-electron chi connectivity index (χ2n) is 5.16. The molecule has 1 atom stereocenters. The van der Waals surface area contributed by atoms with Crippen molar-refractivity contribution in [1.82, 2.24) is 5.32 Å². The highest BCUT2D eigenvalue weighted by Gasteiger charge is 2.42. The topological polar surface area (TPSA) is 69.6 Å². The van der Waals surface area contributed by atoms with Crippen LogP contribution >= 0.6 is 0 Å². The maximum Gasteiger partial charge on any atom is 0.336 e. The fourth-order valence-electron chi connectivity index (χ4n) is 2.02. The predicted octanol–water partition coefficient (Wildman–Crippen LogP) is 0.600. The van der Waals surface area contributed by atoms with Gasteiger partial charge in [0, 0.05) is 12.6 Å². The molecule has 2 fully saturated rings. The summed E-state index contributed by atoms with van der Waals surface area (Å²) in [6, 6.07) is 0.441. The van der Waals surface area contributed by atoms with E-state index >= 15 is 0 Å². The first-order valence-corrected chi connectivity index (χ1v) is 5.70. The first-order valence-electron chi connectivity index (χ1n) is 5.70. The third-order valence-electron chi connectivity index (χ3n) is 3.40. The first-order chi connectivity index (χ1) is 7.00. The molecule has 0 radical (unpaired) electrons. The number of rotatable bonds is 6. The monoisotopic (exact) mass is 213 g/mol. The number of nitrogens with one attached hydrogen (secondary N) is 1. The van der Waals surface area contributed by atoms with Crippen LogP contribution in [0.4, 0.5) is 0 Å². The van der Waals surface area contributed by atoms with Gasteiger partial charge in [-0.3, -0.25) is 0 Å². The largest absolute Gasteiger partial charge is 0.479 e. The highest BCUT2D eigenvalue weighted by Crippen LogP contribution is 2.44. The van der Waals surface area contributed by atoms with E-state index in [9.17, 15) is 9.90 Å². The molecule has 0 spiro atoms. The molecule has 0 amide bonds. The normalized spacial score (nSPS) is 25.3. The predicted molar refractivity (Wildman–Crippen MR) is 55.5 cm³/mol. The van der Waals surface area contributed by atoms with Crippen molar-refractivity contribution in [2.45, 2.75) is 44.2 Å². The van der Waals surface area contributed by atoms with Crippen molar-refractivity contribution in [2.75, 3.05) is 6.54 Å². The number of carbonyl (C=O) groups is 1. The molecule has 2 aliphatic rings. The number of aliphatic carboxylic acids is 1. The molecular formula is C11H19NO3. The lowest BCUT2D eigenvalue weighted by atomic mass is 10.0. The van der Waals surface area contributed by atoms with Gasteiger partial charge in [0.2, 0.25) is 0 Å². The van der Waals surface area contributed by atoms with E-state index in [1.54, 1.807) is 0 Å². The molecule has 0 saturated heterocycles. The minimum Gasteiger partial charge on any atom is -0.479 e. The summed E-state index contributed by atoms with van der Waals surface area (Å²) in [6.07, 6.45) is 5.01. The van der Waals surface area contributed by atoms with Gasteiger partial charge in [0.05, 0.1) is 0 Å². The molecule has 0 aromatic heterocycles. The van der Waals surface area contributed by atoms with Crippen molar-refractivity contribution in [3.63, 3.8) is 0 Å². The molecule has 0 bridgehead atoms. The van der Waals surface area contributed by atoms with E-state index in [4.69, 9.17) is 5.11 Å². The third-order valence-corrected chi connectivity index (χ3v) is 3.40. The lowest BCUT2D eigenvalue weighted by Crippen LogP contribution is -2.48. The number of hydrogen-bond donors (Lipinski definition) is 3. The van der Waals surface area contributed by atoms with E-state index in [1.165, 1.54) is 32.6 Å². The Kier molecular flexibility index (Phi) is 2.73. The number of carboxylic acid groups (broad SMARTS) is 1. The van der Waals surface area contributed by atoms with E-state index < -0.39 is 11.6 Å². The summed E-state index contributed by atoms with van der Waals surface area (Å²) < 4.78 is 0. The van der Waals surface area contributed by atoms with Gasteiger partial charge in [-0.15, -0.1) is 0 Å². The van der Waals surface area contributed by atoms with E-state index in [0.29, 0.717) is 6.04 Å². The molecule has 2 rings (SSSR count). The smallest absolute Gasteiger partial charge is 0.336 e. The Hall–Kier alpha value is -0.610. The van der Waals surface area contributed by atoms with E-state index in [2.05, 4.69) is 5.32 Å². The number of hydrogen-bond acceptors (Lipinski definition) is 3. The van der Waals surface area contributed by atoms with Gasteiger partial charge in [-0.2, -0.15) is 0 Å². The summed E-state index contributed by atoms with van der Waals surface area (Å²) >= 11 is 0. The Morgan fingerprint density at radius 3 is 2.20 bits per heavy atom. The van der Waals surface area contributed by atoms with Crippen LogP contribution in [0.3, 0.4) is 0 Å².